The highest BCUT2D eigenvalue weighted by Crippen LogP contribution is 2.37. The van der Waals surface area contributed by atoms with Gasteiger partial charge < -0.3 is 60.6 Å². The first-order chi connectivity index (χ1) is 31.0. The van der Waals surface area contributed by atoms with E-state index in [9.17, 15) is 47.9 Å². The third kappa shape index (κ3) is 19.4. The Hall–Kier alpha value is -5.96. The average Bonchev–Trinajstić information content (AvgIpc) is 3.65. The maximum atomic E-state index is 14.5. The minimum Gasteiger partial charge on any atom is -0.381 e. The summed E-state index contributed by atoms with van der Waals surface area (Å²) in [7, 11) is 3.30. The van der Waals surface area contributed by atoms with Gasteiger partial charge in [-0.25, -0.2) is 9.37 Å². The van der Waals surface area contributed by atoms with Crippen molar-refractivity contribution in [3.05, 3.63) is 62.2 Å². The second kappa shape index (κ2) is 31.0. The standard InChI is InChI=1S/C27H28FN5O8.C12H25N3O2.C4H8O.C2H6/c1-14-3-15-17(6-30-25(38)11-41-13-31-24(37)7-29-12-35)18-8-33-22(26(18)32-21(15)5-20(14)28)4-16(23(36)9-34)19(10-40-2)27(33)39;1-10(2)15-12(17)9-14-11(16)7-5-4-6-8-13-3;1-3-4(2)5;1-2/h3-5,9,12,23,36H,6-8,10-11,13H2,1-2H3,(H,29,35)(H,30,38)(H,31,37);10,13H,4-9H2,1-3H3,(H,14,16)(H,15,17);3H2,1-2H3;1-2H3. The number of halogens is 1. The molecule has 19 nitrogen and oxygen atoms in total. The summed E-state index contributed by atoms with van der Waals surface area (Å²) in [5, 5.41) is 26.6. The van der Waals surface area contributed by atoms with Crippen molar-refractivity contribution in [2.45, 2.75) is 112 Å². The number of carbonyl (C=O) groups is 7. The number of benzene rings is 1. The van der Waals surface area contributed by atoms with Crippen molar-refractivity contribution in [2.24, 2.45) is 0 Å². The molecule has 0 aliphatic carbocycles. The number of nitrogens with one attached hydrogen (secondary N) is 6. The summed E-state index contributed by atoms with van der Waals surface area (Å²) in [4.78, 5) is 96.1. The number of amides is 5. The van der Waals surface area contributed by atoms with E-state index in [-0.39, 0.29) is 80.9 Å². The third-order valence-corrected chi connectivity index (χ3v) is 9.35. The van der Waals surface area contributed by atoms with Gasteiger partial charge in [0.1, 0.15) is 31.0 Å². The number of unbranched alkanes of at least 4 members (excludes halogenated alkanes) is 2. The van der Waals surface area contributed by atoms with Crippen LogP contribution in [0, 0.1) is 12.7 Å². The summed E-state index contributed by atoms with van der Waals surface area (Å²) in [6.07, 6.45) is 3.28. The van der Waals surface area contributed by atoms with Crippen LogP contribution in [-0.2, 0) is 62.7 Å². The summed E-state index contributed by atoms with van der Waals surface area (Å²) in [6, 6.07) is 4.49. The van der Waals surface area contributed by atoms with E-state index in [1.165, 1.54) is 23.8 Å². The lowest BCUT2D eigenvalue weighted by atomic mass is 9.98. The van der Waals surface area contributed by atoms with E-state index in [2.05, 4.69) is 36.9 Å². The summed E-state index contributed by atoms with van der Waals surface area (Å²) in [5.41, 5.74) is 2.28. The number of methoxy groups -OCH3 is 1. The lowest BCUT2D eigenvalue weighted by molar-refractivity contribution is -0.129. The van der Waals surface area contributed by atoms with Crippen molar-refractivity contribution in [3.8, 4) is 11.4 Å². The molecule has 0 fully saturated rings. The second-order valence-corrected chi connectivity index (χ2v) is 14.7. The number of pyridine rings is 2. The van der Waals surface area contributed by atoms with Gasteiger partial charge in [-0.1, -0.05) is 27.2 Å². The van der Waals surface area contributed by atoms with E-state index in [4.69, 9.17) is 9.47 Å². The minimum absolute atomic E-state index is 0.0122. The SMILES string of the molecule is CC.CCC(C)=O.CNCCCCCC(=O)NCC(=O)NC(C)C.COCc1c(C(O)C=O)cc2n(c1=O)Cc1c-2nc2cc(F)c(C)cc2c1CNC(=O)COCNC(=O)CNC=O. The zero-order valence-corrected chi connectivity index (χ0v) is 39.0. The van der Waals surface area contributed by atoms with Crippen LogP contribution in [-0.4, -0.2) is 110 Å². The molecule has 1 aliphatic rings. The predicted molar refractivity (Wildman–Crippen MR) is 243 cm³/mol. The maximum absolute atomic E-state index is 14.5. The quantitative estimate of drug-likeness (QED) is 0.0320. The molecule has 20 heteroatoms. The van der Waals surface area contributed by atoms with Crippen molar-refractivity contribution in [1.29, 1.82) is 0 Å². The third-order valence-electron chi connectivity index (χ3n) is 9.35. The fourth-order valence-electron chi connectivity index (χ4n) is 6.04. The molecular formula is C45H67FN8O11. The molecule has 2 aromatic heterocycles. The van der Waals surface area contributed by atoms with Crippen LogP contribution >= 0.6 is 0 Å². The molecular weight excluding hydrogens is 848 g/mol. The highest BCUT2D eigenvalue weighted by Gasteiger charge is 2.30. The number of aldehydes is 1. The highest BCUT2D eigenvalue weighted by atomic mass is 19.1. The molecule has 3 heterocycles. The smallest absolute Gasteiger partial charge is 0.257 e. The number of rotatable bonds is 23. The Morgan fingerprint density at radius 2 is 1.65 bits per heavy atom. The lowest BCUT2D eigenvalue weighted by Gasteiger charge is -2.14. The number of ether oxygens (including phenoxy) is 2. The summed E-state index contributed by atoms with van der Waals surface area (Å²) < 4.78 is 26.3. The minimum atomic E-state index is -1.56. The fraction of sp³-hybridized carbons (Fsp3) is 0.533. The van der Waals surface area contributed by atoms with E-state index >= 15 is 0 Å². The van der Waals surface area contributed by atoms with Crippen molar-refractivity contribution in [2.75, 3.05) is 47.1 Å². The molecule has 65 heavy (non-hydrogen) atoms. The number of fused-ring (bicyclic) bond motifs is 4. The van der Waals surface area contributed by atoms with Crippen LogP contribution in [0.1, 0.15) is 108 Å². The van der Waals surface area contributed by atoms with Gasteiger partial charge in [0.25, 0.3) is 5.56 Å². The Labute approximate surface area is 379 Å². The zero-order valence-electron chi connectivity index (χ0n) is 39.0. The van der Waals surface area contributed by atoms with E-state index in [0.29, 0.717) is 64.5 Å². The van der Waals surface area contributed by atoms with Crippen molar-refractivity contribution < 1.29 is 52.5 Å². The molecule has 1 aliphatic heterocycles. The summed E-state index contributed by atoms with van der Waals surface area (Å²) >= 11 is 0. The average molecular weight is 915 g/mol. The van der Waals surface area contributed by atoms with Gasteiger partial charge in [0.05, 0.1) is 43.1 Å². The number of aliphatic hydroxyl groups is 1. The number of Topliss-reactive ketones (excluding diaryl/α,β-unsaturated/α-hetero) is 1. The number of nitrogens with zero attached hydrogens (tertiary/aromatic N) is 2. The topological polar surface area (TPSA) is 265 Å². The van der Waals surface area contributed by atoms with Gasteiger partial charge in [-0.05, 0) is 77.4 Å². The van der Waals surface area contributed by atoms with Gasteiger partial charge in [-0.15, -0.1) is 0 Å². The van der Waals surface area contributed by atoms with Crippen molar-refractivity contribution in [3.63, 3.8) is 0 Å². The second-order valence-electron chi connectivity index (χ2n) is 14.7. The van der Waals surface area contributed by atoms with Crippen LogP contribution in [0.4, 0.5) is 4.39 Å². The number of ketones is 1. The molecule has 360 valence electrons. The van der Waals surface area contributed by atoms with Gasteiger partial charge in [-0.3, -0.25) is 28.8 Å². The molecule has 0 saturated carbocycles. The molecule has 0 saturated heterocycles. The molecule has 0 radical (unpaired) electrons. The molecule has 1 atom stereocenters. The molecule has 4 rings (SSSR count). The molecule has 0 spiro atoms. The molecule has 5 amide bonds. The number of aryl methyl sites for hydroxylation is 1. The Balaban J connectivity index is 0.000000731. The normalized spacial score (nSPS) is 11.2. The molecule has 0 bridgehead atoms. The van der Waals surface area contributed by atoms with E-state index in [1.54, 1.807) is 19.9 Å². The van der Waals surface area contributed by atoms with Gasteiger partial charge in [0, 0.05) is 60.7 Å². The van der Waals surface area contributed by atoms with Crippen LogP contribution in [0.25, 0.3) is 22.3 Å². The van der Waals surface area contributed by atoms with Gasteiger partial charge in [-0.2, -0.15) is 0 Å². The van der Waals surface area contributed by atoms with Crippen molar-refractivity contribution in [1.82, 2.24) is 41.5 Å². The number of carbonyl (C=O) groups excluding carboxylic acids is 7. The molecule has 1 aromatic carbocycles. The fourth-order valence-corrected chi connectivity index (χ4v) is 6.04. The highest BCUT2D eigenvalue weighted by molar-refractivity contribution is 5.89. The van der Waals surface area contributed by atoms with Gasteiger partial charge in [0.15, 0.2) is 6.29 Å². The number of hydrogen-bond acceptors (Lipinski definition) is 13. The maximum Gasteiger partial charge on any atom is 0.257 e. The number of aliphatic hydroxyl groups excluding tert-OH is 1. The van der Waals surface area contributed by atoms with Crippen molar-refractivity contribution >= 4 is 53.0 Å². The Bertz CT molecular complexity index is 2130. The van der Waals surface area contributed by atoms with Crippen LogP contribution in [0.2, 0.25) is 0 Å². The first kappa shape index (κ1) is 57.1. The summed E-state index contributed by atoms with van der Waals surface area (Å²) in [5.74, 6) is -1.41. The van der Waals surface area contributed by atoms with Crippen LogP contribution in [0.5, 0.6) is 0 Å². The Morgan fingerprint density at radius 1 is 0.954 bits per heavy atom. The number of hydrogen-bond donors (Lipinski definition) is 7. The first-order valence-electron chi connectivity index (χ1n) is 21.5. The molecule has 3 aromatic rings. The first-order valence-corrected chi connectivity index (χ1v) is 21.5. The monoisotopic (exact) mass is 914 g/mol. The molecule has 1 unspecified atom stereocenters. The Kier molecular flexibility index (Phi) is 27.2. The largest absolute Gasteiger partial charge is 0.381 e. The van der Waals surface area contributed by atoms with Crippen LogP contribution in [0.3, 0.4) is 0 Å². The van der Waals surface area contributed by atoms with E-state index in [1.807, 2.05) is 41.7 Å². The lowest BCUT2D eigenvalue weighted by Crippen LogP contribution is -2.39. The predicted octanol–water partition coefficient (Wildman–Crippen LogP) is 2.12. The van der Waals surface area contributed by atoms with Crippen LogP contribution in [0.15, 0.2) is 23.0 Å². The van der Waals surface area contributed by atoms with Gasteiger partial charge in [0.2, 0.25) is 30.0 Å². The number of aromatic nitrogens is 2. The van der Waals surface area contributed by atoms with E-state index in [0.717, 1.165) is 25.8 Å². The summed E-state index contributed by atoms with van der Waals surface area (Å²) in [6.45, 7) is 12.9. The molecule has 7 N–H and O–H groups in total. The van der Waals surface area contributed by atoms with Gasteiger partial charge >= 0.3 is 0 Å². The zero-order chi connectivity index (χ0) is 49.1. The van der Waals surface area contributed by atoms with Crippen LogP contribution < -0.4 is 37.5 Å². The Morgan fingerprint density at radius 3 is 2.25 bits per heavy atom. The van der Waals surface area contributed by atoms with E-state index < -0.39 is 29.3 Å².